The van der Waals surface area contributed by atoms with Gasteiger partial charge in [-0.1, -0.05) is 24.3 Å². The molecule has 1 spiro atoms. The van der Waals surface area contributed by atoms with Crippen LogP contribution in [0.4, 0.5) is 0 Å². The number of rotatable bonds is 4. The molecule has 5 heteroatoms. The third kappa shape index (κ3) is 2.75. The maximum absolute atomic E-state index is 10.8. The molecule has 1 atom stereocenters. The molecule has 0 amide bonds. The van der Waals surface area contributed by atoms with Gasteiger partial charge in [0.25, 0.3) is 0 Å². The predicted octanol–water partition coefficient (Wildman–Crippen LogP) is 2.55. The molecule has 1 aromatic heterocycles. The lowest BCUT2D eigenvalue weighted by Crippen LogP contribution is -2.47. The Morgan fingerprint density at radius 2 is 1.92 bits per heavy atom. The third-order valence-corrected chi connectivity index (χ3v) is 6.09. The van der Waals surface area contributed by atoms with Gasteiger partial charge in [-0.3, -0.25) is 9.88 Å². The monoisotopic (exact) mass is 354 g/mol. The highest BCUT2D eigenvalue weighted by atomic mass is 16.5. The van der Waals surface area contributed by atoms with E-state index in [0.717, 1.165) is 44.6 Å². The summed E-state index contributed by atoms with van der Waals surface area (Å²) in [6.45, 7) is 2.61. The molecule has 4 rings (SSSR count). The van der Waals surface area contributed by atoms with E-state index in [9.17, 15) is 5.11 Å². The van der Waals surface area contributed by atoms with Gasteiger partial charge in [-0.05, 0) is 43.5 Å². The summed E-state index contributed by atoms with van der Waals surface area (Å²) >= 11 is 0. The number of aromatic nitrogens is 1. The van der Waals surface area contributed by atoms with Crippen LogP contribution < -0.4 is 9.47 Å². The van der Waals surface area contributed by atoms with Crippen molar-refractivity contribution in [2.45, 2.75) is 37.3 Å². The van der Waals surface area contributed by atoms with Gasteiger partial charge >= 0.3 is 0 Å². The minimum atomic E-state index is -0.272. The summed E-state index contributed by atoms with van der Waals surface area (Å²) in [6.07, 6.45) is 4.21. The lowest BCUT2D eigenvalue weighted by atomic mass is 9.72. The van der Waals surface area contributed by atoms with E-state index in [4.69, 9.17) is 9.47 Å². The van der Waals surface area contributed by atoms with E-state index >= 15 is 0 Å². The van der Waals surface area contributed by atoms with Crippen molar-refractivity contribution in [2.24, 2.45) is 0 Å². The number of ether oxygens (including phenoxy) is 2. The number of likely N-dealkylation sites (tertiary alicyclic amines) is 1. The topological polar surface area (TPSA) is 54.8 Å². The second kappa shape index (κ2) is 6.89. The molecule has 1 aromatic carbocycles. The molecule has 1 saturated heterocycles. The summed E-state index contributed by atoms with van der Waals surface area (Å²) in [5.74, 6) is 1.42. The van der Waals surface area contributed by atoms with Crippen LogP contribution in [0.15, 0.2) is 36.5 Å². The zero-order valence-electron chi connectivity index (χ0n) is 15.4. The largest absolute Gasteiger partial charge is 0.493 e. The SMILES string of the molecule is COc1ccnc(CN2CCC3(CC2)c2ccccc2CC3O)c1OC. The minimum absolute atomic E-state index is 0.0843. The van der Waals surface area contributed by atoms with Crippen LogP contribution in [0.1, 0.15) is 29.7 Å². The van der Waals surface area contributed by atoms with Gasteiger partial charge in [-0.25, -0.2) is 0 Å². The van der Waals surface area contributed by atoms with Crippen molar-refractivity contribution in [2.75, 3.05) is 27.3 Å². The van der Waals surface area contributed by atoms with E-state index in [1.165, 1.54) is 11.1 Å². The Morgan fingerprint density at radius 1 is 1.15 bits per heavy atom. The molecule has 26 heavy (non-hydrogen) atoms. The van der Waals surface area contributed by atoms with Crippen molar-refractivity contribution in [1.29, 1.82) is 0 Å². The van der Waals surface area contributed by atoms with Crippen molar-refractivity contribution in [3.05, 3.63) is 53.3 Å². The molecular formula is C21H26N2O3. The highest BCUT2D eigenvalue weighted by Gasteiger charge is 2.47. The normalized spacial score (nSPS) is 21.6. The number of hydrogen-bond acceptors (Lipinski definition) is 5. The molecule has 1 aliphatic carbocycles. The quantitative estimate of drug-likeness (QED) is 0.914. The average molecular weight is 354 g/mol. The van der Waals surface area contributed by atoms with E-state index in [2.05, 4.69) is 34.1 Å². The summed E-state index contributed by atoms with van der Waals surface area (Å²) in [4.78, 5) is 6.89. The number of hydrogen-bond donors (Lipinski definition) is 1. The fraction of sp³-hybridized carbons (Fsp3) is 0.476. The number of aliphatic hydroxyl groups excluding tert-OH is 1. The second-order valence-corrected chi connectivity index (χ2v) is 7.30. The maximum Gasteiger partial charge on any atom is 0.183 e. The van der Waals surface area contributed by atoms with Crippen LogP contribution in [0.5, 0.6) is 11.5 Å². The molecule has 1 N–H and O–H groups in total. The molecule has 0 bridgehead atoms. The zero-order chi connectivity index (χ0) is 18.1. The van der Waals surface area contributed by atoms with Crippen molar-refractivity contribution in [3.8, 4) is 11.5 Å². The first-order chi connectivity index (χ1) is 12.7. The Hall–Kier alpha value is -2.11. The van der Waals surface area contributed by atoms with Gasteiger partial charge in [0.05, 0.1) is 20.3 Å². The maximum atomic E-state index is 10.8. The van der Waals surface area contributed by atoms with E-state index in [0.29, 0.717) is 11.5 Å². The standard InChI is InChI=1S/C21H26N2O3/c1-25-18-7-10-22-17(20(18)26-2)14-23-11-8-21(9-12-23)16-6-4-3-5-15(16)13-19(21)24/h3-7,10,19,24H,8-9,11-14H2,1-2H3. The molecule has 0 saturated carbocycles. The first kappa shape index (κ1) is 17.3. The van der Waals surface area contributed by atoms with Crippen LogP contribution in [-0.4, -0.2) is 48.4 Å². The highest BCUT2D eigenvalue weighted by Crippen LogP contribution is 2.46. The predicted molar refractivity (Wildman–Crippen MR) is 99.7 cm³/mol. The number of aliphatic hydroxyl groups is 1. The number of fused-ring (bicyclic) bond motifs is 2. The number of pyridine rings is 1. The summed E-state index contributed by atoms with van der Waals surface area (Å²) in [6, 6.07) is 10.3. The van der Waals surface area contributed by atoms with Crippen molar-refractivity contribution in [3.63, 3.8) is 0 Å². The third-order valence-electron chi connectivity index (χ3n) is 6.09. The molecular weight excluding hydrogens is 328 g/mol. The van der Waals surface area contributed by atoms with E-state index < -0.39 is 0 Å². The molecule has 5 nitrogen and oxygen atoms in total. The summed E-state index contributed by atoms with van der Waals surface area (Å²) in [5, 5.41) is 10.8. The lowest BCUT2D eigenvalue weighted by Gasteiger charge is -2.42. The first-order valence-electron chi connectivity index (χ1n) is 9.22. The van der Waals surface area contributed by atoms with Crippen LogP contribution in [0.25, 0.3) is 0 Å². The van der Waals surface area contributed by atoms with Crippen molar-refractivity contribution >= 4 is 0 Å². The van der Waals surface area contributed by atoms with E-state index in [-0.39, 0.29) is 11.5 Å². The van der Waals surface area contributed by atoms with Gasteiger partial charge < -0.3 is 14.6 Å². The Morgan fingerprint density at radius 3 is 2.65 bits per heavy atom. The second-order valence-electron chi connectivity index (χ2n) is 7.30. The van der Waals surface area contributed by atoms with Crippen molar-refractivity contribution < 1.29 is 14.6 Å². The molecule has 2 aromatic rings. The molecule has 1 unspecified atom stereocenters. The zero-order valence-corrected chi connectivity index (χ0v) is 15.4. The average Bonchev–Trinajstić information content (AvgIpc) is 2.95. The molecule has 1 fully saturated rings. The fourth-order valence-corrected chi connectivity index (χ4v) is 4.65. The Kier molecular flexibility index (Phi) is 4.59. The molecule has 2 aliphatic rings. The molecule has 138 valence electrons. The Labute approximate surface area is 154 Å². The summed E-state index contributed by atoms with van der Waals surface area (Å²) in [7, 11) is 3.30. The summed E-state index contributed by atoms with van der Waals surface area (Å²) in [5.41, 5.74) is 3.47. The number of piperidine rings is 1. The van der Waals surface area contributed by atoms with Crippen LogP contribution in [-0.2, 0) is 18.4 Å². The van der Waals surface area contributed by atoms with Gasteiger partial charge in [0.1, 0.15) is 5.69 Å². The molecule has 1 aliphatic heterocycles. The van der Waals surface area contributed by atoms with Gasteiger partial charge in [0.2, 0.25) is 0 Å². The number of methoxy groups -OCH3 is 2. The Balaban J connectivity index is 1.50. The first-order valence-corrected chi connectivity index (χ1v) is 9.22. The smallest absolute Gasteiger partial charge is 0.183 e. The van der Waals surface area contributed by atoms with E-state index in [1.807, 2.05) is 6.07 Å². The van der Waals surface area contributed by atoms with E-state index in [1.54, 1.807) is 20.4 Å². The van der Waals surface area contributed by atoms with Crippen LogP contribution >= 0.6 is 0 Å². The van der Waals surface area contributed by atoms with Crippen LogP contribution in [0.2, 0.25) is 0 Å². The number of nitrogens with zero attached hydrogens (tertiary/aromatic N) is 2. The van der Waals surface area contributed by atoms with Gasteiger partial charge in [-0.2, -0.15) is 0 Å². The molecule has 0 radical (unpaired) electrons. The number of benzene rings is 1. The van der Waals surface area contributed by atoms with Crippen molar-refractivity contribution in [1.82, 2.24) is 9.88 Å². The van der Waals surface area contributed by atoms with Gasteiger partial charge in [-0.15, -0.1) is 0 Å². The van der Waals surface area contributed by atoms with Gasteiger partial charge in [0, 0.05) is 24.2 Å². The molecule has 2 heterocycles. The van der Waals surface area contributed by atoms with Gasteiger partial charge in [0.15, 0.2) is 11.5 Å². The lowest BCUT2D eigenvalue weighted by molar-refractivity contribution is 0.0408. The summed E-state index contributed by atoms with van der Waals surface area (Å²) < 4.78 is 10.9. The minimum Gasteiger partial charge on any atom is -0.493 e. The van der Waals surface area contributed by atoms with Crippen LogP contribution in [0.3, 0.4) is 0 Å². The fourth-order valence-electron chi connectivity index (χ4n) is 4.65. The Bertz CT molecular complexity index is 785. The van der Waals surface area contributed by atoms with Crippen LogP contribution in [0, 0.1) is 0 Å². The highest BCUT2D eigenvalue weighted by molar-refractivity contribution is 5.43.